The molecule has 106 valence electrons. The molecule has 0 spiro atoms. The zero-order chi connectivity index (χ0) is 14.4. The van der Waals surface area contributed by atoms with Crippen molar-refractivity contribution in [3.8, 4) is 5.75 Å². The molecule has 20 heavy (non-hydrogen) atoms. The summed E-state index contributed by atoms with van der Waals surface area (Å²) in [4.78, 5) is 0. The normalized spacial score (nSPS) is 10.6. The summed E-state index contributed by atoms with van der Waals surface area (Å²) in [6.45, 7) is 3.63. The minimum absolute atomic E-state index is 0.286. The molecule has 0 radical (unpaired) electrons. The number of aryl methyl sites for hydroxylation is 1. The third-order valence-corrected chi connectivity index (χ3v) is 3.22. The Kier molecular flexibility index (Phi) is 5.13. The van der Waals surface area contributed by atoms with Crippen molar-refractivity contribution >= 4 is 0 Å². The van der Waals surface area contributed by atoms with E-state index in [-0.39, 0.29) is 11.6 Å². The summed E-state index contributed by atoms with van der Waals surface area (Å²) < 4.78 is 18.4. The maximum absolute atomic E-state index is 13.5. The summed E-state index contributed by atoms with van der Waals surface area (Å²) >= 11 is 0. The standard InChI is InChI=1S/C17H20FNO/c1-13-4-3-5-14(10-13)8-9-19-12-15-6-7-17(20-2)16(18)11-15/h3-7,10-11,19H,8-9,12H2,1-2H3. The highest BCUT2D eigenvalue weighted by molar-refractivity contribution is 5.29. The van der Waals surface area contributed by atoms with Crippen LogP contribution in [0, 0.1) is 12.7 Å². The third kappa shape index (κ3) is 4.07. The summed E-state index contributed by atoms with van der Waals surface area (Å²) in [6, 6.07) is 13.5. The van der Waals surface area contributed by atoms with E-state index in [1.807, 2.05) is 6.07 Å². The largest absolute Gasteiger partial charge is 0.494 e. The second-order valence-corrected chi connectivity index (χ2v) is 4.88. The molecule has 0 aliphatic heterocycles. The summed E-state index contributed by atoms with van der Waals surface area (Å²) in [5, 5.41) is 3.33. The Morgan fingerprint density at radius 2 is 1.95 bits per heavy atom. The molecule has 2 nitrogen and oxygen atoms in total. The molecule has 0 aliphatic rings. The Bertz CT molecular complexity index is 569. The van der Waals surface area contributed by atoms with Gasteiger partial charge in [0.1, 0.15) is 0 Å². The fraction of sp³-hybridized carbons (Fsp3) is 0.294. The van der Waals surface area contributed by atoms with E-state index in [2.05, 4.69) is 36.5 Å². The van der Waals surface area contributed by atoms with Crippen molar-refractivity contribution in [1.82, 2.24) is 5.32 Å². The van der Waals surface area contributed by atoms with E-state index < -0.39 is 0 Å². The highest BCUT2D eigenvalue weighted by Crippen LogP contribution is 2.17. The predicted molar refractivity (Wildman–Crippen MR) is 79.5 cm³/mol. The van der Waals surface area contributed by atoms with Gasteiger partial charge in [-0.05, 0) is 43.1 Å². The van der Waals surface area contributed by atoms with Crippen LogP contribution >= 0.6 is 0 Å². The van der Waals surface area contributed by atoms with Gasteiger partial charge in [-0.2, -0.15) is 0 Å². The van der Waals surface area contributed by atoms with Crippen molar-refractivity contribution in [2.24, 2.45) is 0 Å². The molecule has 3 heteroatoms. The van der Waals surface area contributed by atoms with Crippen molar-refractivity contribution in [3.05, 3.63) is 65.0 Å². The first-order valence-electron chi connectivity index (χ1n) is 6.77. The van der Waals surface area contributed by atoms with Gasteiger partial charge in [0, 0.05) is 6.54 Å². The molecule has 0 saturated heterocycles. The number of benzene rings is 2. The van der Waals surface area contributed by atoms with Gasteiger partial charge in [-0.25, -0.2) is 4.39 Å². The van der Waals surface area contributed by atoms with E-state index in [0.717, 1.165) is 18.5 Å². The third-order valence-electron chi connectivity index (χ3n) is 3.22. The maximum atomic E-state index is 13.5. The zero-order valence-electron chi connectivity index (χ0n) is 11.9. The SMILES string of the molecule is COc1ccc(CNCCc2cccc(C)c2)cc1F. The average molecular weight is 273 g/mol. The summed E-state index contributed by atoms with van der Waals surface area (Å²) in [5.41, 5.74) is 3.52. The number of nitrogens with one attached hydrogen (secondary N) is 1. The van der Waals surface area contributed by atoms with Crippen molar-refractivity contribution in [2.75, 3.05) is 13.7 Å². The average Bonchev–Trinajstić information content (AvgIpc) is 2.44. The number of methoxy groups -OCH3 is 1. The smallest absolute Gasteiger partial charge is 0.165 e. The second kappa shape index (κ2) is 7.06. The minimum atomic E-state index is -0.314. The van der Waals surface area contributed by atoms with Crippen LogP contribution in [0.5, 0.6) is 5.75 Å². The first-order valence-corrected chi connectivity index (χ1v) is 6.77. The first kappa shape index (κ1) is 14.5. The molecule has 2 rings (SSSR count). The van der Waals surface area contributed by atoms with Gasteiger partial charge in [0.25, 0.3) is 0 Å². The zero-order valence-corrected chi connectivity index (χ0v) is 11.9. The van der Waals surface area contributed by atoms with Gasteiger partial charge >= 0.3 is 0 Å². The molecule has 0 fully saturated rings. The molecule has 0 saturated carbocycles. The fourth-order valence-electron chi connectivity index (χ4n) is 2.15. The molecule has 0 heterocycles. The van der Waals surface area contributed by atoms with E-state index >= 15 is 0 Å². The van der Waals surface area contributed by atoms with Crippen LogP contribution in [-0.4, -0.2) is 13.7 Å². The van der Waals surface area contributed by atoms with Crippen LogP contribution in [0.2, 0.25) is 0 Å². The number of ether oxygens (including phenoxy) is 1. The topological polar surface area (TPSA) is 21.3 Å². The van der Waals surface area contributed by atoms with Crippen LogP contribution in [0.1, 0.15) is 16.7 Å². The lowest BCUT2D eigenvalue weighted by Crippen LogP contribution is -2.16. The van der Waals surface area contributed by atoms with Gasteiger partial charge in [-0.15, -0.1) is 0 Å². The van der Waals surface area contributed by atoms with Gasteiger partial charge in [0.2, 0.25) is 0 Å². The molecule has 2 aromatic carbocycles. The maximum Gasteiger partial charge on any atom is 0.165 e. The highest BCUT2D eigenvalue weighted by atomic mass is 19.1. The Hall–Kier alpha value is -1.87. The molecule has 0 unspecified atom stereocenters. The summed E-state index contributed by atoms with van der Waals surface area (Å²) in [7, 11) is 1.47. The van der Waals surface area contributed by atoms with E-state index in [9.17, 15) is 4.39 Å². The quantitative estimate of drug-likeness (QED) is 0.814. The van der Waals surface area contributed by atoms with Crippen LogP contribution in [0.15, 0.2) is 42.5 Å². The molecule has 0 atom stereocenters. The van der Waals surface area contributed by atoms with E-state index in [1.165, 1.54) is 24.3 Å². The van der Waals surface area contributed by atoms with Crippen LogP contribution in [0.4, 0.5) is 4.39 Å². The molecule has 0 amide bonds. The van der Waals surface area contributed by atoms with Gasteiger partial charge < -0.3 is 10.1 Å². The van der Waals surface area contributed by atoms with Crippen LogP contribution in [0.25, 0.3) is 0 Å². The highest BCUT2D eigenvalue weighted by Gasteiger charge is 2.03. The molecule has 1 N–H and O–H groups in total. The molecule has 0 aromatic heterocycles. The Morgan fingerprint density at radius 1 is 1.10 bits per heavy atom. The summed E-state index contributed by atoms with van der Waals surface area (Å²) in [5.74, 6) is -0.0287. The molecular weight excluding hydrogens is 253 g/mol. The number of halogens is 1. The van der Waals surface area contributed by atoms with E-state index in [0.29, 0.717) is 6.54 Å². The second-order valence-electron chi connectivity index (χ2n) is 4.88. The first-order chi connectivity index (χ1) is 9.69. The molecular formula is C17H20FNO. The lowest BCUT2D eigenvalue weighted by atomic mass is 10.1. The number of rotatable bonds is 6. The van der Waals surface area contributed by atoms with E-state index in [1.54, 1.807) is 6.07 Å². The Labute approximate surface area is 119 Å². The van der Waals surface area contributed by atoms with Gasteiger partial charge in [-0.3, -0.25) is 0 Å². The van der Waals surface area contributed by atoms with E-state index in [4.69, 9.17) is 4.74 Å². The lowest BCUT2D eigenvalue weighted by Gasteiger charge is -2.07. The fourth-order valence-corrected chi connectivity index (χ4v) is 2.15. The Balaban J connectivity index is 1.80. The number of hydrogen-bond acceptors (Lipinski definition) is 2. The molecule has 2 aromatic rings. The van der Waals surface area contributed by atoms with Crippen LogP contribution < -0.4 is 10.1 Å². The van der Waals surface area contributed by atoms with Crippen molar-refractivity contribution < 1.29 is 9.13 Å². The number of hydrogen-bond donors (Lipinski definition) is 1. The predicted octanol–water partition coefficient (Wildman–Crippen LogP) is 3.48. The van der Waals surface area contributed by atoms with Crippen LogP contribution in [-0.2, 0) is 13.0 Å². The van der Waals surface area contributed by atoms with Crippen molar-refractivity contribution in [2.45, 2.75) is 19.9 Å². The minimum Gasteiger partial charge on any atom is -0.494 e. The molecule has 0 aliphatic carbocycles. The van der Waals surface area contributed by atoms with Crippen molar-refractivity contribution in [3.63, 3.8) is 0 Å². The van der Waals surface area contributed by atoms with Crippen LogP contribution in [0.3, 0.4) is 0 Å². The van der Waals surface area contributed by atoms with Gasteiger partial charge in [-0.1, -0.05) is 35.9 Å². The van der Waals surface area contributed by atoms with Gasteiger partial charge in [0.05, 0.1) is 7.11 Å². The Morgan fingerprint density at radius 3 is 2.65 bits per heavy atom. The monoisotopic (exact) mass is 273 g/mol. The lowest BCUT2D eigenvalue weighted by molar-refractivity contribution is 0.386. The summed E-state index contributed by atoms with van der Waals surface area (Å²) in [6.07, 6.45) is 0.973. The van der Waals surface area contributed by atoms with Gasteiger partial charge in [0.15, 0.2) is 11.6 Å². The molecule has 0 bridgehead atoms. The van der Waals surface area contributed by atoms with Crippen molar-refractivity contribution in [1.29, 1.82) is 0 Å².